The SMILES string of the molecule is CNC(=O)C1CCCN(S(=O)(=O)c2ccc(OC)c(OC)c2)C1. The van der Waals surface area contributed by atoms with Gasteiger partial charge < -0.3 is 14.8 Å². The number of ether oxygens (including phenoxy) is 2. The number of piperidine rings is 1. The number of carbonyl (C=O) groups excluding carboxylic acids is 1. The van der Waals surface area contributed by atoms with Crippen LogP contribution >= 0.6 is 0 Å². The van der Waals surface area contributed by atoms with Crippen molar-refractivity contribution in [1.82, 2.24) is 9.62 Å². The molecule has 2 rings (SSSR count). The number of amides is 1. The van der Waals surface area contributed by atoms with Crippen LogP contribution in [0.15, 0.2) is 23.1 Å². The van der Waals surface area contributed by atoms with Gasteiger partial charge in [0, 0.05) is 26.2 Å². The van der Waals surface area contributed by atoms with Gasteiger partial charge in [-0.25, -0.2) is 8.42 Å². The molecule has 0 saturated carbocycles. The molecule has 1 saturated heterocycles. The lowest BCUT2D eigenvalue weighted by molar-refractivity contribution is -0.125. The standard InChI is InChI=1S/C15H22N2O5S/c1-16-15(18)11-5-4-8-17(10-11)23(19,20)12-6-7-13(21-2)14(9-12)22-3/h6-7,9,11H,4-5,8,10H2,1-3H3,(H,16,18). The maximum atomic E-state index is 12.8. The average Bonchev–Trinajstić information content (AvgIpc) is 2.60. The minimum Gasteiger partial charge on any atom is -0.493 e. The summed E-state index contributed by atoms with van der Waals surface area (Å²) >= 11 is 0. The molecule has 0 radical (unpaired) electrons. The van der Waals surface area contributed by atoms with Crippen LogP contribution in [0.25, 0.3) is 0 Å². The van der Waals surface area contributed by atoms with Gasteiger partial charge in [0.15, 0.2) is 11.5 Å². The number of nitrogens with one attached hydrogen (secondary N) is 1. The van der Waals surface area contributed by atoms with E-state index in [2.05, 4.69) is 5.32 Å². The Labute approximate surface area is 136 Å². The van der Waals surface area contributed by atoms with Crippen molar-refractivity contribution >= 4 is 15.9 Å². The Morgan fingerprint density at radius 1 is 1.26 bits per heavy atom. The topological polar surface area (TPSA) is 84.9 Å². The van der Waals surface area contributed by atoms with Crippen LogP contribution in [-0.4, -0.2) is 53.0 Å². The molecule has 0 aliphatic carbocycles. The van der Waals surface area contributed by atoms with Crippen molar-refractivity contribution in [3.8, 4) is 11.5 Å². The van der Waals surface area contributed by atoms with Crippen LogP contribution in [0.5, 0.6) is 11.5 Å². The van der Waals surface area contributed by atoms with Crippen molar-refractivity contribution in [2.24, 2.45) is 5.92 Å². The molecule has 1 fully saturated rings. The largest absolute Gasteiger partial charge is 0.493 e. The molecule has 1 unspecified atom stereocenters. The number of methoxy groups -OCH3 is 2. The number of sulfonamides is 1. The van der Waals surface area contributed by atoms with Gasteiger partial charge in [0.2, 0.25) is 15.9 Å². The summed E-state index contributed by atoms with van der Waals surface area (Å²) in [7, 11) is 0.829. The third kappa shape index (κ3) is 3.59. The van der Waals surface area contributed by atoms with Crippen LogP contribution in [-0.2, 0) is 14.8 Å². The summed E-state index contributed by atoms with van der Waals surface area (Å²) in [6.45, 7) is 0.598. The van der Waals surface area contributed by atoms with E-state index in [1.165, 1.54) is 30.7 Å². The summed E-state index contributed by atoms with van der Waals surface area (Å²) in [5.41, 5.74) is 0. The van der Waals surface area contributed by atoms with Crippen molar-refractivity contribution in [3.63, 3.8) is 0 Å². The highest BCUT2D eigenvalue weighted by molar-refractivity contribution is 7.89. The summed E-state index contributed by atoms with van der Waals surface area (Å²) in [4.78, 5) is 11.9. The summed E-state index contributed by atoms with van der Waals surface area (Å²) in [5, 5.41) is 2.58. The van der Waals surface area contributed by atoms with Crippen LogP contribution in [0.1, 0.15) is 12.8 Å². The molecule has 1 aliphatic rings. The summed E-state index contributed by atoms with van der Waals surface area (Å²) in [6.07, 6.45) is 1.35. The van der Waals surface area contributed by atoms with E-state index in [-0.39, 0.29) is 23.3 Å². The van der Waals surface area contributed by atoms with E-state index in [1.807, 2.05) is 0 Å². The molecule has 1 heterocycles. The van der Waals surface area contributed by atoms with Gasteiger partial charge in [-0.1, -0.05) is 0 Å². The predicted molar refractivity (Wildman–Crippen MR) is 85.1 cm³/mol. The van der Waals surface area contributed by atoms with Crippen molar-refractivity contribution in [2.45, 2.75) is 17.7 Å². The van der Waals surface area contributed by atoms with Crippen molar-refractivity contribution < 1.29 is 22.7 Å². The molecule has 23 heavy (non-hydrogen) atoms. The first-order valence-corrected chi connectivity index (χ1v) is 8.81. The Bertz CT molecular complexity index is 674. The summed E-state index contributed by atoms with van der Waals surface area (Å²) in [6, 6.07) is 4.49. The van der Waals surface area contributed by atoms with E-state index >= 15 is 0 Å². The van der Waals surface area contributed by atoms with Gasteiger partial charge >= 0.3 is 0 Å². The summed E-state index contributed by atoms with van der Waals surface area (Å²) in [5.74, 6) is 0.377. The smallest absolute Gasteiger partial charge is 0.243 e. The number of nitrogens with zero attached hydrogens (tertiary/aromatic N) is 1. The Balaban J connectivity index is 2.29. The van der Waals surface area contributed by atoms with E-state index < -0.39 is 10.0 Å². The minimum atomic E-state index is -3.68. The number of hydrogen-bond donors (Lipinski definition) is 1. The summed E-state index contributed by atoms with van der Waals surface area (Å²) < 4.78 is 37.3. The van der Waals surface area contributed by atoms with E-state index in [9.17, 15) is 13.2 Å². The molecule has 1 N–H and O–H groups in total. The molecule has 8 heteroatoms. The number of rotatable bonds is 5. The molecule has 0 aromatic heterocycles. The fourth-order valence-electron chi connectivity index (χ4n) is 2.70. The van der Waals surface area contributed by atoms with Crippen LogP contribution in [0, 0.1) is 5.92 Å². The zero-order valence-electron chi connectivity index (χ0n) is 13.5. The number of carbonyl (C=O) groups is 1. The molecular formula is C15H22N2O5S. The number of benzene rings is 1. The Hall–Kier alpha value is -1.80. The van der Waals surface area contributed by atoms with Crippen LogP contribution in [0.3, 0.4) is 0 Å². The first kappa shape index (κ1) is 17.6. The second-order valence-corrected chi connectivity index (χ2v) is 7.27. The van der Waals surface area contributed by atoms with E-state index in [4.69, 9.17) is 9.47 Å². The zero-order chi connectivity index (χ0) is 17.0. The molecule has 1 atom stereocenters. The Morgan fingerprint density at radius 2 is 1.96 bits per heavy atom. The molecule has 0 bridgehead atoms. The molecular weight excluding hydrogens is 320 g/mol. The fourth-order valence-corrected chi connectivity index (χ4v) is 4.24. The normalized spacial score (nSPS) is 19.2. The molecule has 1 aromatic rings. The van der Waals surface area contributed by atoms with E-state index in [0.717, 1.165) is 0 Å². The average molecular weight is 342 g/mol. The molecule has 1 amide bonds. The van der Waals surface area contributed by atoms with Crippen LogP contribution in [0.2, 0.25) is 0 Å². The van der Waals surface area contributed by atoms with Crippen LogP contribution < -0.4 is 14.8 Å². The van der Waals surface area contributed by atoms with E-state index in [1.54, 1.807) is 13.1 Å². The monoisotopic (exact) mass is 342 g/mol. The third-order valence-corrected chi connectivity index (χ3v) is 5.86. The fraction of sp³-hybridized carbons (Fsp3) is 0.533. The minimum absolute atomic E-state index is 0.128. The maximum Gasteiger partial charge on any atom is 0.243 e. The van der Waals surface area contributed by atoms with Gasteiger partial charge in [0.1, 0.15) is 0 Å². The second kappa shape index (κ2) is 7.18. The number of hydrogen-bond acceptors (Lipinski definition) is 5. The van der Waals surface area contributed by atoms with Crippen molar-refractivity contribution in [2.75, 3.05) is 34.4 Å². The molecule has 1 aliphatic heterocycles. The third-order valence-electron chi connectivity index (χ3n) is 3.99. The van der Waals surface area contributed by atoms with Gasteiger partial charge in [-0.2, -0.15) is 4.31 Å². The lowest BCUT2D eigenvalue weighted by Gasteiger charge is -2.31. The molecule has 0 spiro atoms. The Morgan fingerprint density at radius 3 is 2.57 bits per heavy atom. The lowest BCUT2D eigenvalue weighted by atomic mass is 9.99. The van der Waals surface area contributed by atoms with E-state index in [0.29, 0.717) is 30.9 Å². The van der Waals surface area contributed by atoms with Gasteiger partial charge in [0.25, 0.3) is 0 Å². The quantitative estimate of drug-likeness (QED) is 0.857. The highest BCUT2D eigenvalue weighted by Crippen LogP contribution is 2.31. The predicted octanol–water partition coefficient (Wildman–Crippen LogP) is 0.850. The zero-order valence-corrected chi connectivity index (χ0v) is 14.4. The van der Waals surface area contributed by atoms with Crippen molar-refractivity contribution in [1.29, 1.82) is 0 Å². The maximum absolute atomic E-state index is 12.8. The van der Waals surface area contributed by atoms with Gasteiger partial charge in [-0.15, -0.1) is 0 Å². The highest BCUT2D eigenvalue weighted by atomic mass is 32.2. The molecule has 7 nitrogen and oxygen atoms in total. The van der Waals surface area contributed by atoms with Crippen molar-refractivity contribution in [3.05, 3.63) is 18.2 Å². The molecule has 128 valence electrons. The van der Waals surface area contributed by atoms with Gasteiger partial charge in [-0.05, 0) is 25.0 Å². The second-order valence-electron chi connectivity index (χ2n) is 5.33. The first-order chi connectivity index (χ1) is 10.9. The van der Waals surface area contributed by atoms with Crippen LogP contribution in [0.4, 0.5) is 0 Å². The lowest BCUT2D eigenvalue weighted by Crippen LogP contribution is -2.44. The highest BCUT2D eigenvalue weighted by Gasteiger charge is 2.33. The van der Waals surface area contributed by atoms with Gasteiger partial charge in [-0.3, -0.25) is 4.79 Å². The van der Waals surface area contributed by atoms with Gasteiger partial charge in [0.05, 0.1) is 25.0 Å². The molecule has 1 aromatic carbocycles. The Kier molecular flexibility index (Phi) is 5.48. The first-order valence-electron chi connectivity index (χ1n) is 7.37.